The summed E-state index contributed by atoms with van der Waals surface area (Å²) in [6.45, 7) is 1.77. The Kier molecular flexibility index (Phi) is 6.71. The van der Waals surface area contributed by atoms with Crippen LogP contribution >= 0.6 is 23.2 Å². The Hall–Kier alpha value is -1.83. The van der Waals surface area contributed by atoms with Crippen LogP contribution in [0.3, 0.4) is 0 Å². The first-order valence-electron chi connectivity index (χ1n) is 9.05. The van der Waals surface area contributed by atoms with Crippen molar-refractivity contribution in [2.24, 2.45) is 0 Å². The van der Waals surface area contributed by atoms with Crippen molar-refractivity contribution >= 4 is 38.9 Å². The number of carbonyl (C=O) groups excluding carboxylic acids is 1. The van der Waals surface area contributed by atoms with E-state index < -0.39 is 27.0 Å². The van der Waals surface area contributed by atoms with Gasteiger partial charge in [0.1, 0.15) is 11.6 Å². The minimum Gasteiger partial charge on any atom is -0.479 e. The van der Waals surface area contributed by atoms with E-state index in [-0.39, 0.29) is 41.8 Å². The van der Waals surface area contributed by atoms with Gasteiger partial charge in [-0.2, -0.15) is 0 Å². The third-order valence-electron chi connectivity index (χ3n) is 4.85. The molecule has 2 aromatic rings. The Morgan fingerprint density at radius 1 is 1.21 bits per heavy atom. The van der Waals surface area contributed by atoms with Gasteiger partial charge in [0.2, 0.25) is 0 Å². The van der Waals surface area contributed by atoms with Gasteiger partial charge < -0.3 is 9.64 Å². The zero-order chi connectivity index (χ0) is 21.2. The van der Waals surface area contributed by atoms with E-state index in [1.165, 1.54) is 29.2 Å². The molecule has 2 atom stereocenters. The average Bonchev–Trinajstić information content (AvgIpc) is 2.82. The number of rotatable bonds is 4. The highest BCUT2D eigenvalue weighted by Crippen LogP contribution is 2.32. The molecule has 1 saturated heterocycles. The lowest BCUT2D eigenvalue weighted by Gasteiger charge is -2.24. The molecule has 29 heavy (non-hydrogen) atoms. The highest BCUT2D eigenvalue weighted by Gasteiger charge is 2.35. The molecular formula is C20H20Cl2FNO4S. The number of carbonyl (C=O) groups is 1. The second-order valence-corrected chi connectivity index (χ2v) is 9.97. The van der Waals surface area contributed by atoms with Crippen LogP contribution in [-0.4, -0.2) is 44.2 Å². The topological polar surface area (TPSA) is 63.7 Å². The number of ether oxygens (including phenoxy) is 1. The summed E-state index contributed by atoms with van der Waals surface area (Å²) < 4.78 is 45.2. The van der Waals surface area contributed by atoms with Gasteiger partial charge in [-0.3, -0.25) is 4.79 Å². The van der Waals surface area contributed by atoms with Crippen LogP contribution in [0.1, 0.15) is 24.2 Å². The lowest BCUT2D eigenvalue weighted by atomic mass is 10.1. The minimum atomic E-state index is -3.61. The van der Waals surface area contributed by atoms with Gasteiger partial charge in [-0.15, -0.1) is 0 Å². The largest absolute Gasteiger partial charge is 0.479 e. The van der Waals surface area contributed by atoms with E-state index in [0.29, 0.717) is 10.8 Å². The van der Waals surface area contributed by atoms with Crippen LogP contribution < -0.4 is 4.74 Å². The molecule has 0 bridgehead atoms. The van der Waals surface area contributed by atoms with Crippen LogP contribution in [0, 0.1) is 5.82 Å². The van der Waals surface area contributed by atoms with Gasteiger partial charge in [0.25, 0.3) is 5.91 Å². The third kappa shape index (κ3) is 5.02. The molecule has 2 unspecified atom stereocenters. The zero-order valence-corrected chi connectivity index (χ0v) is 18.0. The number of amides is 1. The van der Waals surface area contributed by atoms with Crippen LogP contribution in [0.4, 0.5) is 4.39 Å². The molecule has 1 aliphatic rings. The Morgan fingerprint density at radius 2 is 1.93 bits per heavy atom. The Morgan fingerprint density at radius 3 is 2.62 bits per heavy atom. The van der Waals surface area contributed by atoms with Gasteiger partial charge in [-0.1, -0.05) is 41.4 Å². The van der Waals surface area contributed by atoms with Gasteiger partial charge in [0.05, 0.1) is 16.0 Å². The highest BCUT2D eigenvalue weighted by atomic mass is 35.5. The quantitative estimate of drug-likeness (QED) is 0.683. The van der Waals surface area contributed by atoms with E-state index >= 15 is 0 Å². The van der Waals surface area contributed by atoms with E-state index in [2.05, 4.69) is 0 Å². The number of hydrogen-bond acceptors (Lipinski definition) is 4. The fourth-order valence-corrected chi connectivity index (χ4v) is 5.57. The van der Waals surface area contributed by atoms with E-state index in [0.717, 1.165) is 0 Å². The van der Waals surface area contributed by atoms with Crippen molar-refractivity contribution in [1.29, 1.82) is 0 Å². The van der Waals surface area contributed by atoms with Crippen LogP contribution in [0.15, 0.2) is 42.5 Å². The third-order valence-corrected chi connectivity index (χ3v) is 7.49. The molecule has 1 fully saturated rings. The van der Waals surface area contributed by atoms with E-state index in [1.807, 2.05) is 0 Å². The minimum absolute atomic E-state index is 0.0220. The van der Waals surface area contributed by atoms with Gasteiger partial charge in [-0.05, 0) is 37.6 Å². The average molecular weight is 460 g/mol. The van der Waals surface area contributed by atoms with Crippen molar-refractivity contribution < 1.29 is 22.3 Å². The van der Waals surface area contributed by atoms with E-state index in [1.54, 1.807) is 25.1 Å². The smallest absolute Gasteiger partial charge is 0.263 e. The molecule has 3 rings (SSSR count). The second kappa shape index (κ2) is 8.90. The summed E-state index contributed by atoms with van der Waals surface area (Å²) in [5.74, 6) is -0.856. The van der Waals surface area contributed by atoms with Crippen LogP contribution in [0.25, 0.3) is 0 Å². The van der Waals surface area contributed by atoms with Crippen molar-refractivity contribution in [2.45, 2.75) is 24.7 Å². The molecule has 156 valence electrons. The zero-order valence-electron chi connectivity index (χ0n) is 15.6. The number of sulfone groups is 1. The first-order valence-corrected chi connectivity index (χ1v) is 11.5. The van der Waals surface area contributed by atoms with Crippen LogP contribution in [-0.2, 0) is 14.6 Å². The second-order valence-electron chi connectivity index (χ2n) is 6.83. The van der Waals surface area contributed by atoms with Crippen molar-refractivity contribution in [2.75, 3.05) is 18.8 Å². The molecule has 1 aliphatic heterocycles. The van der Waals surface area contributed by atoms with Crippen molar-refractivity contribution in [3.8, 4) is 5.75 Å². The molecule has 2 aromatic carbocycles. The monoisotopic (exact) mass is 459 g/mol. The summed E-state index contributed by atoms with van der Waals surface area (Å²) in [7, 11) is -3.61. The molecule has 0 aromatic heterocycles. The predicted molar refractivity (Wildman–Crippen MR) is 111 cm³/mol. The van der Waals surface area contributed by atoms with Crippen molar-refractivity contribution in [3.05, 3.63) is 63.9 Å². The molecule has 0 radical (unpaired) electrons. The number of halogens is 3. The summed E-state index contributed by atoms with van der Waals surface area (Å²) in [6.07, 6.45) is -0.759. The normalized spacial score (nSPS) is 20.0. The lowest BCUT2D eigenvalue weighted by molar-refractivity contribution is -0.137. The van der Waals surface area contributed by atoms with Gasteiger partial charge >= 0.3 is 0 Å². The molecular weight excluding hydrogens is 440 g/mol. The van der Waals surface area contributed by atoms with Gasteiger partial charge in [0, 0.05) is 23.7 Å². The first-order chi connectivity index (χ1) is 13.7. The van der Waals surface area contributed by atoms with Gasteiger partial charge in [-0.25, -0.2) is 12.8 Å². The number of benzene rings is 2. The van der Waals surface area contributed by atoms with E-state index in [4.69, 9.17) is 27.9 Å². The molecule has 0 N–H and O–H groups in total. The number of hydrogen-bond donors (Lipinski definition) is 0. The molecule has 5 nitrogen and oxygen atoms in total. The molecule has 0 aliphatic carbocycles. The summed E-state index contributed by atoms with van der Waals surface area (Å²) in [5.41, 5.74) is 0.138. The van der Waals surface area contributed by atoms with Crippen molar-refractivity contribution in [3.63, 3.8) is 0 Å². The van der Waals surface area contributed by atoms with Gasteiger partial charge in [0.15, 0.2) is 15.9 Å². The van der Waals surface area contributed by atoms with Crippen LogP contribution in [0.5, 0.6) is 5.75 Å². The first kappa shape index (κ1) is 21.9. The molecule has 9 heteroatoms. The lowest BCUT2D eigenvalue weighted by Crippen LogP contribution is -2.42. The summed E-state index contributed by atoms with van der Waals surface area (Å²) in [4.78, 5) is 14.3. The summed E-state index contributed by atoms with van der Waals surface area (Å²) >= 11 is 11.9. The van der Waals surface area contributed by atoms with Crippen molar-refractivity contribution in [1.82, 2.24) is 4.90 Å². The molecule has 1 heterocycles. The number of nitrogens with zero attached hydrogens (tertiary/aromatic N) is 1. The summed E-state index contributed by atoms with van der Waals surface area (Å²) in [5, 5.41) is -0.267. The Labute approximate surface area is 179 Å². The predicted octanol–water partition coefficient (Wildman–Crippen LogP) is 4.29. The molecule has 0 spiro atoms. The standard InChI is InChI=1S/C20H20Cl2FNO4S/c1-13(28-18-7-6-14(21)12-16(18)22)20(25)24-9-8-19(29(26,27)11-10-24)15-4-2-3-5-17(15)23/h2-7,12-13,19H,8-11H2,1H3. The Bertz CT molecular complexity index is 1020. The van der Waals surface area contributed by atoms with E-state index in [9.17, 15) is 17.6 Å². The fourth-order valence-electron chi connectivity index (χ4n) is 3.32. The SMILES string of the molecule is CC(Oc1ccc(Cl)cc1Cl)C(=O)N1CCC(c2ccccc2F)S(=O)(=O)CC1. The maximum absolute atomic E-state index is 14.2. The highest BCUT2D eigenvalue weighted by molar-refractivity contribution is 7.91. The molecule has 1 amide bonds. The Balaban J connectivity index is 1.73. The maximum Gasteiger partial charge on any atom is 0.263 e. The molecule has 0 saturated carbocycles. The maximum atomic E-state index is 14.2. The summed E-state index contributed by atoms with van der Waals surface area (Å²) in [6, 6.07) is 10.5. The fraction of sp³-hybridized carbons (Fsp3) is 0.350. The van der Waals surface area contributed by atoms with Crippen LogP contribution in [0.2, 0.25) is 10.0 Å².